The number of benzene rings is 1. The first-order valence-corrected chi connectivity index (χ1v) is 10.2. The zero-order chi connectivity index (χ0) is 19.6. The highest BCUT2D eigenvalue weighted by Gasteiger charge is 2.14. The van der Waals surface area contributed by atoms with Crippen LogP contribution in [0, 0.1) is 0 Å². The maximum Gasteiger partial charge on any atom is 0.119 e. The van der Waals surface area contributed by atoms with Crippen molar-refractivity contribution in [3.8, 4) is 5.75 Å². The van der Waals surface area contributed by atoms with Crippen molar-refractivity contribution in [2.45, 2.75) is 44.9 Å². The van der Waals surface area contributed by atoms with E-state index in [2.05, 4.69) is 38.9 Å². The molecule has 2 aromatic rings. The Bertz CT molecular complexity index is 690. The molecule has 152 valence electrons. The van der Waals surface area contributed by atoms with Crippen LogP contribution >= 0.6 is 0 Å². The van der Waals surface area contributed by atoms with Gasteiger partial charge in [-0.1, -0.05) is 25.0 Å². The molecule has 0 spiro atoms. The van der Waals surface area contributed by atoms with Gasteiger partial charge in [-0.25, -0.2) is 9.97 Å². The molecule has 3 rings (SSSR count). The third kappa shape index (κ3) is 7.19. The summed E-state index contributed by atoms with van der Waals surface area (Å²) in [5.41, 5.74) is 2.18. The standard InChI is InChI=1S/C22H32N4O2/c1-25(15-20-9-10-23-18-24-20)14-19-7-6-8-22(13-19)28-17-21(27)16-26-11-4-2-3-5-12-26/h6-10,13,18,21,27H,2-5,11-12,14-17H2,1H3/t21-/m1/s1. The largest absolute Gasteiger partial charge is 0.491 e. The quantitative estimate of drug-likeness (QED) is 0.717. The van der Waals surface area contributed by atoms with Crippen LogP contribution in [-0.2, 0) is 13.1 Å². The number of aliphatic hydroxyl groups excluding tert-OH is 1. The Hall–Kier alpha value is -2.02. The van der Waals surface area contributed by atoms with Gasteiger partial charge < -0.3 is 14.7 Å². The molecule has 6 nitrogen and oxygen atoms in total. The molecule has 0 aliphatic carbocycles. The summed E-state index contributed by atoms with van der Waals surface area (Å²) in [4.78, 5) is 12.8. The maximum absolute atomic E-state index is 10.3. The maximum atomic E-state index is 10.3. The van der Waals surface area contributed by atoms with Gasteiger partial charge in [-0.2, -0.15) is 0 Å². The van der Waals surface area contributed by atoms with Crippen LogP contribution in [0.15, 0.2) is 42.9 Å². The summed E-state index contributed by atoms with van der Waals surface area (Å²) in [6.07, 6.45) is 7.97. The molecule has 1 aliphatic heterocycles. The zero-order valence-corrected chi connectivity index (χ0v) is 16.8. The molecular weight excluding hydrogens is 352 g/mol. The molecular formula is C22H32N4O2. The van der Waals surface area contributed by atoms with E-state index in [1.54, 1.807) is 12.5 Å². The summed E-state index contributed by atoms with van der Waals surface area (Å²) in [6.45, 7) is 4.77. The summed E-state index contributed by atoms with van der Waals surface area (Å²) >= 11 is 0. The van der Waals surface area contributed by atoms with Crippen LogP contribution in [0.25, 0.3) is 0 Å². The molecule has 1 aromatic carbocycles. The second-order valence-corrected chi connectivity index (χ2v) is 7.70. The third-order valence-corrected chi connectivity index (χ3v) is 5.04. The van der Waals surface area contributed by atoms with Crippen LogP contribution in [-0.4, -0.2) is 64.3 Å². The fourth-order valence-electron chi connectivity index (χ4n) is 3.65. The van der Waals surface area contributed by atoms with Gasteiger partial charge in [-0.15, -0.1) is 0 Å². The van der Waals surface area contributed by atoms with E-state index in [-0.39, 0.29) is 0 Å². The van der Waals surface area contributed by atoms with Crippen LogP contribution < -0.4 is 4.74 Å². The second kappa shape index (κ2) is 11.1. The highest BCUT2D eigenvalue weighted by molar-refractivity contribution is 5.28. The first-order valence-electron chi connectivity index (χ1n) is 10.2. The molecule has 0 unspecified atom stereocenters. The Labute approximate surface area is 168 Å². The molecule has 0 saturated carbocycles. The molecule has 0 bridgehead atoms. The highest BCUT2D eigenvalue weighted by Crippen LogP contribution is 2.16. The molecule has 2 heterocycles. The Morgan fingerprint density at radius 3 is 2.71 bits per heavy atom. The molecule has 1 aromatic heterocycles. The van der Waals surface area contributed by atoms with Crippen molar-refractivity contribution in [3.05, 3.63) is 54.1 Å². The number of likely N-dealkylation sites (tertiary alicyclic amines) is 1. The summed E-state index contributed by atoms with van der Waals surface area (Å²) in [6, 6.07) is 10.0. The lowest BCUT2D eigenvalue weighted by molar-refractivity contribution is 0.0693. The van der Waals surface area contributed by atoms with E-state index < -0.39 is 6.10 Å². The van der Waals surface area contributed by atoms with Crippen molar-refractivity contribution in [1.82, 2.24) is 19.8 Å². The first kappa shape index (κ1) is 20.7. The average molecular weight is 385 g/mol. The minimum absolute atomic E-state index is 0.330. The van der Waals surface area contributed by atoms with Crippen LogP contribution in [0.3, 0.4) is 0 Å². The van der Waals surface area contributed by atoms with Crippen LogP contribution in [0.4, 0.5) is 0 Å². The van der Waals surface area contributed by atoms with Crippen molar-refractivity contribution in [2.24, 2.45) is 0 Å². The van der Waals surface area contributed by atoms with Gasteiger partial charge in [0.15, 0.2) is 0 Å². The lowest BCUT2D eigenvalue weighted by Gasteiger charge is -2.23. The van der Waals surface area contributed by atoms with E-state index >= 15 is 0 Å². The molecule has 0 radical (unpaired) electrons. The summed E-state index contributed by atoms with van der Waals surface area (Å²) in [5, 5.41) is 10.3. The minimum Gasteiger partial charge on any atom is -0.491 e. The van der Waals surface area contributed by atoms with E-state index in [4.69, 9.17) is 4.74 Å². The number of aromatic nitrogens is 2. The van der Waals surface area contributed by atoms with Crippen molar-refractivity contribution in [1.29, 1.82) is 0 Å². The SMILES string of the molecule is CN(Cc1cccc(OC[C@H](O)CN2CCCCCC2)c1)Cc1ccncn1. The molecule has 1 fully saturated rings. The van der Waals surface area contributed by atoms with Gasteiger partial charge in [0, 0.05) is 25.8 Å². The van der Waals surface area contributed by atoms with Crippen LogP contribution in [0.2, 0.25) is 0 Å². The van der Waals surface area contributed by atoms with Gasteiger partial charge in [-0.3, -0.25) is 4.90 Å². The molecule has 0 amide bonds. The van der Waals surface area contributed by atoms with Gasteiger partial charge in [0.25, 0.3) is 0 Å². The zero-order valence-electron chi connectivity index (χ0n) is 16.8. The van der Waals surface area contributed by atoms with Gasteiger partial charge in [0.05, 0.1) is 5.69 Å². The number of hydrogen-bond acceptors (Lipinski definition) is 6. The summed E-state index contributed by atoms with van der Waals surface area (Å²) < 4.78 is 5.87. The topological polar surface area (TPSA) is 61.7 Å². The summed E-state index contributed by atoms with van der Waals surface area (Å²) in [5.74, 6) is 0.808. The Balaban J connectivity index is 1.44. The highest BCUT2D eigenvalue weighted by atomic mass is 16.5. The van der Waals surface area contributed by atoms with Crippen molar-refractivity contribution >= 4 is 0 Å². The fourth-order valence-corrected chi connectivity index (χ4v) is 3.65. The molecule has 6 heteroatoms. The van der Waals surface area contributed by atoms with Crippen LogP contribution in [0.5, 0.6) is 5.75 Å². The van der Waals surface area contributed by atoms with Gasteiger partial charge in [0.1, 0.15) is 24.8 Å². The first-order chi connectivity index (χ1) is 13.7. The van der Waals surface area contributed by atoms with E-state index in [1.165, 1.54) is 31.2 Å². The van der Waals surface area contributed by atoms with Crippen molar-refractivity contribution in [3.63, 3.8) is 0 Å². The lowest BCUT2D eigenvalue weighted by Crippen LogP contribution is -2.36. The minimum atomic E-state index is -0.456. The predicted molar refractivity (Wildman–Crippen MR) is 110 cm³/mol. The Kier molecular flexibility index (Phi) is 8.21. The lowest BCUT2D eigenvalue weighted by atomic mass is 10.2. The molecule has 1 atom stereocenters. The molecule has 1 N–H and O–H groups in total. The van der Waals surface area contributed by atoms with Crippen LogP contribution in [0.1, 0.15) is 36.9 Å². The molecule has 1 saturated heterocycles. The third-order valence-electron chi connectivity index (χ3n) is 5.04. The predicted octanol–water partition coefficient (Wildman–Crippen LogP) is 2.72. The van der Waals surface area contributed by atoms with E-state index in [1.807, 2.05) is 18.2 Å². The second-order valence-electron chi connectivity index (χ2n) is 7.70. The summed E-state index contributed by atoms with van der Waals surface area (Å²) in [7, 11) is 2.07. The Morgan fingerprint density at radius 2 is 1.96 bits per heavy atom. The van der Waals surface area contributed by atoms with Gasteiger partial charge >= 0.3 is 0 Å². The Morgan fingerprint density at radius 1 is 1.14 bits per heavy atom. The smallest absolute Gasteiger partial charge is 0.119 e. The van der Waals surface area contributed by atoms with E-state index in [0.29, 0.717) is 13.2 Å². The molecule has 28 heavy (non-hydrogen) atoms. The van der Waals surface area contributed by atoms with Gasteiger partial charge in [0.2, 0.25) is 0 Å². The van der Waals surface area contributed by atoms with Crippen molar-refractivity contribution in [2.75, 3.05) is 33.3 Å². The van der Waals surface area contributed by atoms with Crippen molar-refractivity contribution < 1.29 is 9.84 Å². The number of rotatable bonds is 9. The number of nitrogens with zero attached hydrogens (tertiary/aromatic N) is 4. The number of aliphatic hydroxyl groups is 1. The number of β-amino-alcohol motifs (C(OH)–C–C–N with tert-alkyl or cyclic N) is 1. The monoisotopic (exact) mass is 384 g/mol. The number of ether oxygens (including phenoxy) is 1. The molecule has 1 aliphatic rings. The average Bonchev–Trinajstić information content (AvgIpc) is 2.96. The van der Waals surface area contributed by atoms with E-state index in [0.717, 1.165) is 37.6 Å². The van der Waals surface area contributed by atoms with Gasteiger partial charge in [-0.05, 0) is 56.7 Å². The fraction of sp³-hybridized carbons (Fsp3) is 0.545. The normalized spacial score (nSPS) is 16.7. The van der Waals surface area contributed by atoms with E-state index in [9.17, 15) is 5.11 Å². The number of hydrogen-bond donors (Lipinski definition) is 1.